The quantitative estimate of drug-likeness (QED) is 0.716. The smallest absolute Gasteiger partial charge is 0.125 e. The van der Waals surface area contributed by atoms with Crippen LogP contribution in [-0.4, -0.2) is 15.4 Å². The summed E-state index contributed by atoms with van der Waals surface area (Å²) < 4.78 is 15.9. The van der Waals surface area contributed by atoms with Crippen LogP contribution in [0.1, 0.15) is 44.9 Å². The van der Waals surface area contributed by atoms with Gasteiger partial charge in [-0.2, -0.15) is 0 Å². The lowest BCUT2D eigenvalue weighted by Gasteiger charge is -2.29. The van der Waals surface area contributed by atoms with Gasteiger partial charge in [-0.15, -0.1) is 11.6 Å². The Morgan fingerprint density at radius 1 is 1.33 bits per heavy atom. The Kier molecular flexibility index (Phi) is 4.21. The molecule has 21 heavy (non-hydrogen) atoms. The number of aromatic nitrogens is 2. The van der Waals surface area contributed by atoms with Gasteiger partial charge in [0.1, 0.15) is 11.6 Å². The summed E-state index contributed by atoms with van der Waals surface area (Å²) in [7, 11) is 0. The Morgan fingerprint density at radius 3 is 2.76 bits per heavy atom. The first-order valence-corrected chi connectivity index (χ1v) is 8.41. The summed E-state index contributed by atoms with van der Waals surface area (Å²) >= 11 is 5.92. The van der Waals surface area contributed by atoms with Crippen molar-refractivity contribution in [2.24, 2.45) is 5.41 Å². The van der Waals surface area contributed by atoms with Crippen LogP contribution in [0.15, 0.2) is 18.2 Å². The van der Waals surface area contributed by atoms with Crippen LogP contribution < -0.4 is 0 Å². The minimum atomic E-state index is -0.196. The summed E-state index contributed by atoms with van der Waals surface area (Å²) in [5.41, 5.74) is 2.14. The maximum atomic E-state index is 13.6. The fraction of sp³-hybridized carbons (Fsp3) is 0.588. The zero-order valence-corrected chi connectivity index (χ0v) is 13.3. The molecule has 3 rings (SSSR count). The van der Waals surface area contributed by atoms with Crippen LogP contribution in [0.4, 0.5) is 4.39 Å². The standard InChI is InChI=1S/C17H22ClFN2/c1-2-17(8-3-4-9-17)12-21-15-11-13(19)5-6-14(15)20-16(21)7-10-18/h5-6,11H,2-4,7-10,12H2,1H3. The molecule has 0 aliphatic heterocycles. The van der Waals surface area contributed by atoms with E-state index in [1.165, 1.54) is 38.2 Å². The number of imidazole rings is 1. The zero-order valence-electron chi connectivity index (χ0n) is 12.5. The van der Waals surface area contributed by atoms with E-state index in [2.05, 4.69) is 16.5 Å². The molecule has 4 heteroatoms. The highest BCUT2D eigenvalue weighted by Crippen LogP contribution is 2.43. The second-order valence-electron chi connectivity index (χ2n) is 6.25. The van der Waals surface area contributed by atoms with E-state index in [0.29, 0.717) is 11.3 Å². The molecular formula is C17H22ClFN2. The van der Waals surface area contributed by atoms with Crippen LogP contribution in [0.25, 0.3) is 11.0 Å². The molecule has 1 fully saturated rings. The summed E-state index contributed by atoms with van der Waals surface area (Å²) in [4.78, 5) is 4.66. The summed E-state index contributed by atoms with van der Waals surface area (Å²) in [5.74, 6) is 1.34. The minimum absolute atomic E-state index is 0.196. The van der Waals surface area contributed by atoms with Crippen molar-refractivity contribution in [3.63, 3.8) is 0 Å². The first kappa shape index (κ1) is 14.8. The van der Waals surface area contributed by atoms with Crippen molar-refractivity contribution in [3.8, 4) is 0 Å². The molecule has 0 bridgehead atoms. The van der Waals surface area contributed by atoms with Gasteiger partial charge >= 0.3 is 0 Å². The van der Waals surface area contributed by atoms with E-state index in [9.17, 15) is 4.39 Å². The van der Waals surface area contributed by atoms with Gasteiger partial charge in [0.2, 0.25) is 0 Å². The predicted molar refractivity (Wildman–Crippen MR) is 85.3 cm³/mol. The molecule has 0 N–H and O–H groups in total. The van der Waals surface area contributed by atoms with Crippen molar-refractivity contribution in [2.45, 2.75) is 52.0 Å². The van der Waals surface area contributed by atoms with Crippen LogP contribution in [0, 0.1) is 11.2 Å². The molecule has 1 aromatic carbocycles. The number of rotatable bonds is 5. The average Bonchev–Trinajstić information content (AvgIpc) is 3.07. The minimum Gasteiger partial charge on any atom is -0.327 e. The number of halogens is 2. The lowest BCUT2D eigenvalue weighted by Crippen LogP contribution is -2.24. The Bertz CT molecular complexity index is 629. The number of aryl methyl sites for hydroxylation is 1. The molecule has 0 amide bonds. The monoisotopic (exact) mass is 308 g/mol. The lowest BCUT2D eigenvalue weighted by atomic mass is 9.83. The molecule has 114 valence electrons. The van der Waals surface area contributed by atoms with Crippen LogP contribution >= 0.6 is 11.6 Å². The van der Waals surface area contributed by atoms with E-state index in [4.69, 9.17) is 11.6 Å². The third kappa shape index (κ3) is 2.80. The fourth-order valence-corrected chi connectivity index (χ4v) is 3.85. The fourth-order valence-electron chi connectivity index (χ4n) is 3.68. The molecule has 1 aliphatic carbocycles. The van der Waals surface area contributed by atoms with Crippen LogP contribution in [-0.2, 0) is 13.0 Å². The number of hydrogen-bond donors (Lipinski definition) is 0. The molecule has 0 spiro atoms. The third-order valence-corrected chi connectivity index (χ3v) is 5.20. The van der Waals surface area contributed by atoms with E-state index in [-0.39, 0.29) is 5.82 Å². The number of fused-ring (bicyclic) bond motifs is 1. The molecular weight excluding hydrogens is 287 g/mol. The molecule has 0 saturated heterocycles. The maximum Gasteiger partial charge on any atom is 0.125 e. The highest BCUT2D eigenvalue weighted by atomic mass is 35.5. The van der Waals surface area contributed by atoms with Gasteiger partial charge in [0.05, 0.1) is 11.0 Å². The number of hydrogen-bond acceptors (Lipinski definition) is 1. The molecule has 2 nitrogen and oxygen atoms in total. The van der Waals surface area contributed by atoms with Crippen molar-refractivity contribution in [1.29, 1.82) is 0 Å². The summed E-state index contributed by atoms with van der Waals surface area (Å²) in [5, 5.41) is 0. The maximum absolute atomic E-state index is 13.6. The van der Waals surface area contributed by atoms with E-state index in [1.54, 1.807) is 12.1 Å². The SMILES string of the molecule is CCC1(Cn2c(CCCl)nc3ccc(F)cc32)CCCC1. The van der Waals surface area contributed by atoms with Gasteiger partial charge < -0.3 is 4.57 Å². The normalized spacial score (nSPS) is 17.7. The van der Waals surface area contributed by atoms with Gasteiger partial charge in [-0.25, -0.2) is 9.37 Å². The van der Waals surface area contributed by atoms with E-state index < -0.39 is 0 Å². The molecule has 1 saturated carbocycles. The average molecular weight is 309 g/mol. The molecule has 1 heterocycles. The van der Waals surface area contributed by atoms with Gasteiger partial charge in [-0.1, -0.05) is 19.8 Å². The number of alkyl halides is 1. The summed E-state index contributed by atoms with van der Waals surface area (Å²) in [6.45, 7) is 3.21. The van der Waals surface area contributed by atoms with Crippen LogP contribution in [0.5, 0.6) is 0 Å². The van der Waals surface area contributed by atoms with Crippen LogP contribution in [0.3, 0.4) is 0 Å². The van der Waals surface area contributed by atoms with Crippen molar-refractivity contribution in [3.05, 3.63) is 29.8 Å². The van der Waals surface area contributed by atoms with Gasteiger partial charge in [-0.05, 0) is 42.9 Å². The molecule has 0 radical (unpaired) electrons. The van der Waals surface area contributed by atoms with Gasteiger partial charge in [0.25, 0.3) is 0 Å². The number of nitrogens with zero attached hydrogens (tertiary/aromatic N) is 2. The Labute approximate surface area is 130 Å². The second-order valence-corrected chi connectivity index (χ2v) is 6.62. The van der Waals surface area contributed by atoms with Crippen LogP contribution in [0.2, 0.25) is 0 Å². The predicted octanol–water partition coefficient (Wildman–Crippen LogP) is 4.93. The van der Waals surface area contributed by atoms with Crippen molar-refractivity contribution in [2.75, 3.05) is 5.88 Å². The Morgan fingerprint density at radius 2 is 2.10 bits per heavy atom. The van der Waals surface area contributed by atoms with Crippen molar-refractivity contribution < 1.29 is 4.39 Å². The molecule has 0 atom stereocenters. The molecule has 1 aromatic heterocycles. The first-order chi connectivity index (χ1) is 10.2. The molecule has 0 unspecified atom stereocenters. The van der Waals surface area contributed by atoms with E-state index in [1.807, 2.05) is 0 Å². The van der Waals surface area contributed by atoms with Gasteiger partial charge in [0.15, 0.2) is 0 Å². The number of benzene rings is 1. The lowest BCUT2D eigenvalue weighted by molar-refractivity contribution is 0.238. The Hall–Kier alpha value is -1.09. The van der Waals surface area contributed by atoms with E-state index in [0.717, 1.165) is 29.8 Å². The first-order valence-electron chi connectivity index (χ1n) is 7.88. The summed E-state index contributed by atoms with van der Waals surface area (Å²) in [6.07, 6.45) is 7.04. The largest absolute Gasteiger partial charge is 0.327 e. The van der Waals surface area contributed by atoms with E-state index >= 15 is 0 Å². The highest BCUT2D eigenvalue weighted by Gasteiger charge is 2.33. The summed E-state index contributed by atoms with van der Waals surface area (Å²) in [6, 6.07) is 4.86. The Balaban J connectivity index is 2.05. The molecule has 2 aromatic rings. The second kappa shape index (κ2) is 5.96. The van der Waals surface area contributed by atoms with Crippen molar-refractivity contribution in [1.82, 2.24) is 9.55 Å². The topological polar surface area (TPSA) is 17.8 Å². The van der Waals surface area contributed by atoms with Gasteiger partial charge in [0, 0.05) is 18.8 Å². The highest BCUT2D eigenvalue weighted by molar-refractivity contribution is 6.17. The zero-order chi connectivity index (χ0) is 14.9. The van der Waals surface area contributed by atoms with Gasteiger partial charge in [-0.3, -0.25) is 0 Å². The van der Waals surface area contributed by atoms with Crippen molar-refractivity contribution >= 4 is 22.6 Å². The third-order valence-electron chi connectivity index (χ3n) is 5.02. The molecule has 1 aliphatic rings.